The highest BCUT2D eigenvalue weighted by atomic mass is 16.2. The smallest absolute Gasteiger partial charge is 0.246 e. The van der Waals surface area contributed by atoms with Crippen LogP contribution in [0.25, 0.3) is 0 Å². The molecule has 0 fully saturated rings. The van der Waals surface area contributed by atoms with E-state index in [1.165, 1.54) is 6.92 Å². The molecule has 0 aliphatic rings. The van der Waals surface area contributed by atoms with Gasteiger partial charge in [0.15, 0.2) is 0 Å². The van der Waals surface area contributed by atoms with Gasteiger partial charge in [0.2, 0.25) is 11.8 Å². The van der Waals surface area contributed by atoms with Gasteiger partial charge in [-0.1, -0.05) is 32.0 Å². The number of para-hydroxylation sites is 1. The highest BCUT2D eigenvalue weighted by Gasteiger charge is 2.16. The highest BCUT2D eigenvalue weighted by Crippen LogP contribution is 2.26. The fraction of sp³-hybridized carbons (Fsp3) is 0.467. The third kappa shape index (κ3) is 4.39. The highest BCUT2D eigenvalue weighted by molar-refractivity contribution is 5.97. The van der Waals surface area contributed by atoms with E-state index in [1.54, 1.807) is 6.92 Å². The van der Waals surface area contributed by atoms with Crippen LogP contribution in [0.5, 0.6) is 0 Å². The molecule has 0 saturated heterocycles. The largest absolute Gasteiger partial charge is 0.345 e. The van der Waals surface area contributed by atoms with Crippen molar-refractivity contribution in [1.82, 2.24) is 5.32 Å². The number of benzene rings is 1. The van der Waals surface area contributed by atoms with E-state index in [2.05, 4.69) is 24.5 Å². The van der Waals surface area contributed by atoms with Crippen molar-refractivity contribution in [2.75, 3.05) is 5.32 Å². The Labute approximate surface area is 114 Å². The number of amides is 2. The summed E-state index contributed by atoms with van der Waals surface area (Å²) < 4.78 is 0. The van der Waals surface area contributed by atoms with Crippen LogP contribution in [0.15, 0.2) is 24.3 Å². The molecule has 0 aliphatic carbocycles. The molecule has 1 aromatic carbocycles. The Morgan fingerprint density at radius 3 is 2.42 bits per heavy atom. The lowest BCUT2D eigenvalue weighted by atomic mass is 9.97. The first-order chi connectivity index (χ1) is 8.95. The van der Waals surface area contributed by atoms with Gasteiger partial charge < -0.3 is 10.6 Å². The Morgan fingerprint density at radius 1 is 1.21 bits per heavy atom. The van der Waals surface area contributed by atoms with Crippen molar-refractivity contribution in [3.8, 4) is 0 Å². The van der Waals surface area contributed by atoms with Gasteiger partial charge in [0.05, 0.1) is 0 Å². The molecule has 0 spiro atoms. The fourth-order valence-corrected chi connectivity index (χ4v) is 1.87. The second kappa shape index (κ2) is 6.92. The van der Waals surface area contributed by atoms with Crippen LogP contribution in [-0.4, -0.2) is 17.9 Å². The van der Waals surface area contributed by atoms with Gasteiger partial charge in [-0.2, -0.15) is 0 Å². The SMILES string of the molecule is CCC(C)c1ccccc1NC(=O)C(C)NC(C)=O. The van der Waals surface area contributed by atoms with E-state index in [1.807, 2.05) is 24.3 Å². The van der Waals surface area contributed by atoms with Crippen molar-refractivity contribution in [2.24, 2.45) is 0 Å². The van der Waals surface area contributed by atoms with Crippen LogP contribution in [0, 0.1) is 0 Å². The van der Waals surface area contributed by atoms with Gasteiger partial charge in [-0.15, -0.1) is 0 Å². The lowest BCUT2D eigenvalue weighted by molar-refractivity contribution is -0.124. The first-order valence-electron chi connectivity index (χ1n) is 6.62. The summed E-state index contributed by atoms with van der Waals surface area (Å²) in [6.45, 7) is 7.31. The van der Waals surface area contributed by atoms with E-state index in [0.717, 1.165) is 17.7 Å². The molecule has 0 radical (unpaired) electrons. The summed E-state index contributed by atoms with van der Waals surface area (Å²) >= 11 is 0. The minimum absolute atomic E-state index is 0.203. The third-order valence-electron chi connectivity index (χ3n) is 3.18. The van der Waals surface area contributed by atoms with E-state index in [4.69, 9.17) is 0 Å². The van der Waals surface area contributed by atoms with Crippen molar-refractivity contribution in [2.45, 2.75) is 46.1 Å². The van der Waals surface area contributed by atoms with Crippen molar-refractivity contribution in [1.29, 1.82) is 0 Å². The maximum absolute atomic E-state index is 12.0. The second-order valence-electron chi connectivity index (χ2n) is 4.81. The van der Waals surface area contributed by atoms with E-state index in [-0.39, 0.29) is 11.8 Å². The summed E-state index contributed by atoms with van der Waals surface area (Å²) in [7, 11) is 0. The number of rotatable bonds is 5. The summed E-state index contributed by atoms with van der Waals surface area (Å²) in [5.74, 6) is -0.0311. The van der Waals surface area contributed by atoms with Gasteiger partial charge >= 0.3 is 0 Å². The fourth-order valence-electron chi connectivity index (χ4n) is 1.87. The molecule has 0 saturated carbocycles. The maximum atomic E-state index is 12.0. The molecule has 2 N–H and O–H groups in total. The van der Waals surface area contributed by atoms with Crippen LogP contribution in [0.1, 0.15) is 45.6 Å². The van der Waals surface area contributed by atoms with Crippen LogP contribution in [0.3, 0.4) is 0 Å². The molecule has 2 unspecified atom stereocenters. The van der Waals surface area contributed by atoms with Crippen LogP contribution in [0.2, 0.25) is 0 Å². The molecule has 19 heavy (non-hydrogen) atoms. The molecule has 1 rings (SSSR count). The number of hydrogen-bond acceptors (Lipinski definition) is 2. The molecule has 104 valence electrons. The van der Waals surface area contributed by atoms with Crippen LogP contribution in [0.4, 0.5) is 5.69 Å². The Hall–Kier alpha value is -1.84. The molecular weight excluding hydrogens is 240 g/mol. The minimum Gasteiger partial charge on any atom is -0.345 e. The van der Waals surface area contributed by atoms with E-state index in [0.29, 0.717) is 5.92 Å². The molecular formula is C15H22N2O2. The van der Waals surface area contributed by atoms with Crippen molar-refractivity contribution >= 4 is 17.5 Å². The molecule has 1 aromatic rings. The Morgan fingerprint density at radius 2 is 1.84 bits per heavy atom. The maximum Gasteiger partial charge on any atom is 0.246 e. The van der Waals surface area contributed by atoms with Gasteiger partial charge in [0.25, 0.3) is 0 Å². The van der Waals surface area contributed by atoms with Crippen molar-refractivity contribution < 1.29 is 9.59 Å². The summed E-state index contributed by atoms with van der Waals surface area (Å²) in [6, 6.07) is 7.23. The first-order valence-corrected chi connectivity index (χ1v) is 6.62. The predicted octanol–water partition coefficient (Wildman–Crippen LogP) is 2.66. The standard InChI is InChI=1S/C15H22N2O2/c1-5-10(2)13-8-6-7-9-14(13)17-15(19)11(3)16-12(4)18/h6-11H,5H2,1-4H3,(H,16,18)(H,17,19). The number of anilines is 1. The minimum atomic E-state index is -0.539. The number of carbonyl (C=O) groups excluding carboxylic acids is 2. The lowest BCUT2D eigenvalue weighted by Gasteiger charge is -2.18. The number of hydrogen-bond donors (Lipinski definition) is 2. The summed E-state index contributed by atoms with van der Waals surface area (Å²) in [6.07, 6.45) is 1.01. The molecule has 4 nitrogen and oxygen atoms in total. The number of carbonyl (C=O) groups is 2. The zero-order valence-electron chi connectivity index (χ0n) is 12.0. The van der Waals surface area contributed by atoms with Crippen molar-refractivity contribution in [3.63, 3.8) is 0 Å². The second-order valence-corrected chi connectivity index (χ2v) is 4.81. The Bertz CT molecular complexity index is 457. The third-order valence-corrected chi connectivity index (χ3v) is 3.18. The zero-order chi connectivity index (χ0) is 14.4. The van der Waals surface area contributed by atoms with Gasteiger partial charge in [-0.3, -0.25) is 9.59 Å². The molecule has 2 amide bonds. The van der Waals surface area contributed by atoms with Gasteiger partial charge in [-0.05, 0) is 30.9 Å². The Kier molecular flexibility index (Phi) is 5.55. The summed E-state index contributed by atoms with van der Waals surface area (Å²) in [5, 5.41) is 5.45. The monoisotopic (exact) mass is 262 g/mol. The van der Waals surface area contributed by atoms with Gasteiger partial charge in [0.1, 0.15) is 6.04 Å². The van der Waals surface area contributed by atoms with Gasteiger partial charge in [0, 0.05) is 12.6 Å². The number of nitrogens with one attached hydrogen (secondary N) is 2. The molecule has 0 bridgehead atoms. The quantitative estimate of drug-likeness (QED) is 0.857. The molecule has 0 aliphatic heterocycles. The van der Waals surface area contributed by atoms with Crippen LogP contribution in [-0.2, 0) is 9.59 Å². The Balaban J connectivity index is 2.82. The predicted molar refractivity (Wildman–Crippen MR) is 77.1 cm³/mol. The van der Waals surface area contributed by atoms with Crippen LogP contribution >= 0.6 is 0 Å². The molecule has 2 atom stereocenters. The normalized spacial score (nSPS) is 13.5. The molecule has 4 heteroatoms. The molecule has 0 heterocycles. The molecule has 0 aromatic heterocycles. The van der Waals surface area contributed by atoms with Crippen LogP contribution < -0.4 is 10.6 Å². The summed E-state index contributed by atoms with van der Waals surface area (Å²) in [4.78, 5) is 22.9. The summed E-state index contributed by atoms with van der Waals surface area (Å²) in [5.41, 5.74) is 1.94. The zero-order valence-corrected chi connectivity index (χ0v) is 12.0. The van der Waals surface area contributed by atoms with E-state index >= 15 is 0 Å². The van der Waals surface area contributed by atoms with E-state index in [9.17, 15) is 9.59 Å². The average Bonchev–Trinajstić information content (AvgIpc) is 2.37. The topological polar surface area (TPSA) is 58.2 Å². The van der Waals surface area contributed by atoms with Gasteiger partial charge in [-0.25, -0.2) is 0 Å². The van der Waals surface area contributed by atoms with E-state index < -0.39 is 6.04 Å². The first kappa shape index (κ1) is 15.2. The van der Waals surface area contributed by atoms with Crippen molar-refractivity contribution in [3.05, 3.63) is 29.8 Å². The average molecular weight is 262 g/mol. The lowest BCUT2D eigenvalue weighted by Crippen LogP contribution is -2.40.